The van der Waals surface area contributed by atoms with Gasteiger partial charge in [0.1, 0.15) is 11.6 Å². The first-order valence-corrected chi connectivity index (χ1v) is 8.29. The van der Waals surface area contributed by atoms with Gasteiger partial charge in [-0.15, -0.1) is 0 Å². The second kappa shape index (κ2) is 7.86. The number of carbonyl (C=O) groups excluding carboxylic acids is 1. The van der Waals surface area contributed by atoms with E-state index in [0.29, 0.717) is 23.7 Å². The van der Waals surface area contributed by atoms with Crippen LogP contribution in [0.15, 0.2) is 52.4 Å². The lowest BCUT2D eigenvalue weighted by molar-refractivity contribution is 0.0949. The van der Waals surface area contributed by atoms with Crippen LogP contribution < -0.4 is 11.0 Å². The molecule has 27 heavy (non-hydrogen) atoms. The Kier molecular flexibility index (Phi) is 5.35. The molecule has 2 aromatic carbocycles. The second-order valence-corrected chi connectivity index (χ2v) is 5.79. The number of hydrogen-bond donors (Lipinski definition) is 1. The Morgan fingerprint density at radius 2 is 1.96 bits per heavy atom. The van der Waals surface area contributed by atoms with Gasteiger partial charge in [0.05, 0.1) is 11.6 Å². The van der Waals surface area contributed by atoms with E-state index in [0.717, 1.165) is 18.3 Å². The highest BCUT2D eigenvalue weighted by Gasteiger charge is 2.16. The van der Waals surface area contributed by atoms with Gasteiger partial charge in [0, 0.05) is 23.6 Å². The summed E-state index contributed by atoms with van der Waals surface area (Å²) < 4.78 is 27.7. The fourth-order valence-electron chi connectivity index (χ4n) is 2.59. The third-order valence-corrected chi connectivity index (χ3v) is 3.85. The van der Waals surface area contributed by atoms with Gasteiger partial charge in [-0.25, -0.2) is 18.9 Å². The molecule has 0 unspecified atom stereocenters. The molecule has 0 bridgehead atoms. The van der Waals surface area contributed by atoms with E-state index >= 15 is 0 Å². The number of nitrogens with one attached hydrogen (secondary N) is 1. The fraction of sp³-hybridized carbons (Fsp3) is 0.158. The van der Waals surface area contributed by atoms with E-state index in [2.05, 4.69) is 15.6 Å². The van der Waals surface area contributed by atoms with Crippen molar-refractivity contribution < 1.29 is 13.6 Å². The Labute approximate surface area is 153 Å². The molecule has 1 N–H and O–H groups in total. The van der Waals surface area contributed by atoms with Crippen LogP contribution in [0.1, 0.15) is 29.4 Å². The molecule has 1 aromatic heterocycles. The number of hydrazone groups is 1. The van der Waals surface area contributed by atoms with Crippen LogP contribution >= 0.6 is 0 Å². The van der Waals surface area contributed by atoms with Crippen LogP contribution in [-0.2, 0) is 6.54 Å². The van der Waals surface area contributed by atoms with Gasteiger partial charge >= 0.3 is 0 Å². The molecular weight excluding hydrogens is 354 g/mol. The van der Waals surface area contributed by atoms with E-state index in [9.17, 15) is 18.4 Å². The molecule has 138 valence electrons. The molecule has 0 saturated heterocycles. The highest BCUT2D eigenvalue weighted by molar-refractivity contribution is 6.04. The zero-order valence-electron chi connectivity index (χ0n) is 14.4. The molecule has 0 fully saturated rings. The maximum atomic E-state index is 13.6. The minimum absolute atomic E-state index is 0.0190. The third-order valence-electron chi connectivity index (χ3n) is 3.85. The Morgan fingerprint density at radius 1 is 1.22 bits per heavy atom. The monoisotopic (exact) mass is 370 g/mol. The maximum Gasteiger partial charge on any atom is 0.292 e. The Bertz CT molecular complexity index is 1090. The van der Waals surface area contributed by atoms with E-state index in [1.165, 1.54) is 10.7 Å². The predicted molar refractivity (Wildman–Crippen MR) is 97.7 cm³/mol. The summed E-state index contributed by atoms with van der Waals surface area (Å²) >= 11 is 0. The lowest BCUT2D eigenvalue weighted by Gasteiger charge is -2.09. The summed E-state index contributed by atoms with van der Waals surface area (Å²) in [4.78, 5) is 24.9. The number of halogens is 2. The van der Waals surface area contributed by atoms with Crippen LogP contribution in [0, 0.1) is 11.6 Å². The molecule has 0 aliphatic rings. The molecule has 0 saturated carbocycles. The van der Waals surface area contributed by atoms with Crippen LogP contribution in [0.5, 0.6) is 0 Å². The molecule has 0 spiro atoms. The summed E-state index contributed by atoms with van der Waals surface area (Å²) in [5.74, 6) is -2.15. The first-order valence-electron chi connectivity index (χ1n) is 8.29. The van der Waals surface area contributed by atoms with Gasteiger partial charge < -0.3 is 0 Å². The van der Waals surface area contributed by atoms with Crippen molar-refractivity contribution in [1.82, 2.24) is 15.2 Å². The maximum absolute atomic E-state index is 13.6. The summed E-state index contributed by atoms with van der Waals surface area (Å²) in [6.45, 7) is 2.26. The van der Waals surface area contributed by atoms with Crippen molar-refractivity contribution in [1.29, 1.82) is 0 Å². The highest BCUT2D eigenvalue weighted by atomic mass is 19.1. The Balaban J connectivity index is 1.92. The molecule has 0 atom stereocenters. The fourth-order valence-corrected chi connectivity index (χ4v) is 2.59. The molecule has 1 heterocycles. The lowest BCUT2D eigenvalue weighted by Crippen LogP contribution is -2.29. The van der Waals surface area contributed by atoms with Crippen LogP contribution in [0.3, 0.4) is 0 Å². The van der Waals surface area contributed by atoms with Crippen molar-refractivity contribution in [2.75, 3.05) is 0 Å². The van der Waals surface area contributed by atoms with Gasteiger partial charge in [-0.05, 0) is 24.6 Å². The summed E-state index contributed by atoms with van der Waals surface area (Å²) in [7, 11) is 0. The van der Waals surface area contributed by atoms with Gasteiger partial charge in [-0.3, -0.25) is 9.59 Å². The van der Waals surface area contributed by atoms with Gasteiger partial charge in [-0.1, -0.05) is 25.1 Å². The van der Waals surface area contributed by atoms with Gasteiger partial charge in [0.2, 0.25) is 0 Å². The number of benzene rings is 2. The minimum atomic E-state index is -0.798. The molecule has 8 heteroatoms. The van der Waals surface area contributed by atoms with Crippen molar-refractivity contribution in [2.24, 2.45) is 5.10 Å². The van der Waals surface area contributed by atoms with Crippen molar-refractivity contribution >= 4 is 22.9 Å². The quantitative estimate of drug-likeness (QED) is 0.554. The van der Waals surface area contributed by atoms with Crippen LogP contribution in [0.25, 0.3) is 10.8 Å². The predicted octanol–water partition coefficient (Wildman–Crippen LogP) is 2.85. The topological polar surface area (TPSA) is 76.3 Å². The van der Waals surface area contributed by atoms with Crippen molar-refractivity contribution in [2.45, 2.75) is 19.9 Å². The number of amides is 1. The number of fused-ring (bicyclic) bond motifs is 1. The van der Waals surface area contributed by atoms with E-state index < -0.39 is 17.5 Å². The number of nitrogens with zero attached hydrogens (tertiary/aromatic N) is 3. The molecule has 0 aliphatic heterocycles. The Morgan fingerprint density at radius 3 is 2.67 bits per heavy atom. The average molecular weight is 370 g/mol. The van der Waals surface area contributed by atoms with Crippen molar-refractivity contribution in [3.63, 3.8) is 0 Å². The lowest BCUT2D eigenvalue weighted by atomic mass is 10.1. The summed E-state index contributed by atoms with van der Waals surface area (Å²) in [5.41, 5.74) is 2.04. The normalized spacial score (nSPS) is 11.2. The Hall–Kier alpha value is -3.42. The zero-order valence-corrected chi connectivity index (χ0v) is 14.4. The molecule has 1 amide bonds. The van der Waals surface area contributed by atoms with E-state index in [1.54, 1.807) is 24.3 Å². The first-order chi connectivity index (χ1) is 13.0. The summed E-state index contributed by atoms with van der Waals surface area (Å²) in [6, 6.07) is 9.66. The number of hydrogen-bond acceptors (Lipinski definition) is 4. The van der Waals surface area contributed by atoms with Crippen LogP contribution in [0.4, 0.5) is 8.78 Å². The largest absolute Gasteiger partial charge is 0.292 e. The number of aromatic nitrogens is 2. The summed E-state index contributed by atoms with van der Waals surface area (Å²) in [6.07, 6.45) is 1.74. The highest BCUT2D eigenvalue weighted by Crippen LogP contribution is 2.13. The summed E-state index contributed by atoms with van der Waals surface area (Å²) in [5, 5.41) is 8.61. The molecule has 3 rings (SSSR count). The zero-order chi connectivity index (χ0) is 19.4. The number of aryl methyl sites for hydroxylation is 1. The van der Waals surface area contributed by atoms with E-state index in [1.807, 2.05) is 6.92 Å². The molecule has 0 aliphatic carbocycles. The van der Waals surface area contributed by atoms with Crippen LogP contribution in [0.2, 0.25) is 0 Å². The molecule has 3 aromatic rings. The average Bonchev–Trinajstić information content (AvgIpc) is 2.66. The van der Waals surface area contributed by atoms with Gasteiger partial charge in [-0.2, -0.15) is 10.2 Å². The van der Waals surface area contributed by atoms with Crippen LogP contribution in [-0.4, -0.2) is 21.9 Å². The van der Waals surface area contributed by atoms with Crippen molar-refractivity contribution in [3.05, 3.63) is 75.7 Å². The standard InChI is InChI=1S/C19H16F2N4O2/c1-2-9-25-19(27)15-6-4-3-5-14(15)17(24-25)18(26)23-22-11-12-7-8-13(20)10-16(12)21/h3-8,10-11H,2,9H2,1H3,(H,23,26)/b22-11-. The van der Waals surface area contributed by atoms with E-state index in [4.69, 9.17) is 0 Å². The molecule has 0 radical (unpaired) electrons. The number of rotatable bonds is 5. The first kappa shape index (κ1) is 18.4. The minimum Gasteiger partial charge on any atom is -0.267 e. The third kappa shape index (κ3) is 3.89. The van der Waals surface area contributed by atoms with Gasteiger partial charge in [0.25, 0.3) is 11.5 Å². The van der Waals surface area contributed by atoms with Crippen molar-refractivity contribution in [3.8, 4) is 0 Å². The molecule has 6 nitrogen and oxygen atoms in total. The SMILES string of the molecule is CCCn1nc(C(=O)N/N=C\c2ccc(F)cc2F)c2ccccc2c1=O. The van der Waals surface area contributed by atoms with E-state index in [-0.39, 0.29) is 16.8 Å². The smallest absolute Gasteiger partial charge is 0.267 e. The second-order valence-electron chi connectivity index (χ2n) is 5.79. The van der Waals surface area contributed by atoms with Gasteiger partial charge in [0.15, 0.2) is 5.69 Å². The number of carbonyl (C=O) groups is 1. The molecular formula is C19H16F2N4O2.